The van der Waals surface area contributed by atoms with Gasteiger partial charge in [-0.15, -0.1) is 0 Å². The summed E-state index contributed by atoms with van der Waals surface area (Å²) in [5.41, 5.74) is 1.10. The third-order valence-corrected chi connectivity index (χ3v) is 3.46. The molecule has 0 saturated heterocycles. The smallest absolute Gasteiger partial charge is 0.101 e. The average Bonchev–Trinajstić information content (AvgIpc) is 2.24. The Bertz CT molecular complexity index is 390. The average molecular weight is 335 g/mol. The number of hydrogen-bond acceptors (Lipinski definition) is 2. The lowest BCUT2D eigenvalue weighted by Crippen LogP contribution is -2.16. The van der Waals surface area contributed by atoms with Gasteiger partial charge in [0, 0.05) is 21.6 Å². The Labute approximate surface area is 108 Å². The van der Waals surface area contributed by atoms with E-state index in [0.29, 0.717) is 0 Å². The molecule has 2 nitrogen and oxygen atoms in total. The molecule has 0 bridgehead atoms. The lowest BCUT2D eigenvalue weighted by molar-refractivity contribution is 0.737. The molecule has 0 spiro atoms. The van der Waals surface area contributed by atoms with Crippen LogP contribution < -0.4 is 5.32 Å². The fraction of sp³-hybridized carbons (Fsp3) is 0.364. The van der Waals surface area contributed by atoms with Crippen molar-refractivity contribution in [3.63, 3.8) is 0 Å². The molecule has 1 aromatic carbocycles. The number of nitrogens with zero attached hydrogens (tertiary/aromatic N) is 1. The van der Waals surface area contributed by atoms with Crippen molar-refractivity contribution in [3.8, 4) is 0 Å². The highest BCUT2D eigenvalue weighted by Gasteiger charge is 2.07. The van der Waals surface area contributed by atoms with Gasteiger partial charge in [0.25, 0.3) is 0 Å². The SMILES string of the molecule is Clc1ccc(NC2=NCCCC2)c(I)c1. The first kappa shape index (κ1) is 11.2. The van der Waals surface area contributed by atoms with Crippen LogP contribution in [-0.2, 0) is 0 Å². The number of hydrogen-bond donors (Lipinski definition) is 1. The van der Waals surface area contributed by atoms with Crippen LogP contribution in [0.3, 0.4) is 0 Å². The van der Waals surface area contributed by atoms with Gasteiger partial charge in [-0.2, -0.15) is 0 Å². The second-order valence-corrected chi connectivity index (χ2v) is 5.13. The van der Waals surface area contributed by atoms with Gasteiger partial charge in [0.05, 0.1) is 5.69 Å². The monoisotopic (exact) mass is 334 g/mol. The Balaban J connectivity index is 2.13. The summed E-state index contributed by atoms with van der Waals surface area (Å²) < 4.78 is 1.13. The van der Waals surface area contributed by atoms with Gasteiger partial charge >= 0.3 is 0 Å². The maximum atomic E-state index is 5.90. The number of anilines is 1. The van der Waals surface area contributed by atoms with Crippen molar-refractivity contribution < 1.29 is 0 Å². The van der Waals surface area contributed by atoms with Crippen LogP contribution in [-0.4, -0.2) is 12.4 Å². The molecule has 2 rings (SSSR count). The van der Waals surface area contributed by atoms with Crippen LogP contribution in [0, 0.1) is 3.57 Å². The highest BCUT2D eigenvalue weighted by atomic mass is 127. The van der Waals surface area contributed by atoms with Crippen LogP contribution in [0.15, 0.2) is 23.2 Å². The Morgan fingerprint density at radius 3 is 2.87 bits per heavy atom. The lowest BCUT2D eigenvalue weighted by atomic mass is 10.2. The molecule has 80 valence electrons. The maximum Gasteiger partial charge on any atom is 0.101 e. The first-order chi connectivity index (χ1) is 7.25. The molecule has 0 fully saturated rings. The molecule has 0 aliphatic carbocycles. The topological polar surface area (TPSA) is 24.4 Å². The van der Waals surface area contributed by atoms with Gasteiger partial charge in [-0.3, -0.25) is 4.99 Å². The summed E-state index contributed by atoms with van der Waals surface area (Å²) in [7, 11) is 0. The Hall–Kier alpha value is -0.290. The molecule has 1 N–H and O–H groups in total. The summed E-state index contributed by atoms with van der Waals surface area (Å²) in [6, 6.07) is 5.85. The largest absolute Gasteiger partial charge is 0.343 e. The van der Waals surface area contributed by atoms with E-state index >= 15 is 0 Å². The number of nitrogens with one attached hydrogen (secondary N) is 1. The van der Waals surface area contributed by atoms with E-state index in [0.717, 1.165) is 33.1 Å². The predicted molar refractivity (Wildman–Crippen MR) is 73.9 cm³/mol. The first-order valence-corrected chi connectivity index (χ1v) is 6.47. The molecule has 0 saturated carbocycles. The molecule has 1 aromatic rings. The van der Waals surface area contributed by atoms with E-state index in [2.05, 4.69) is 32.9 Å². The van der Waals surface area contributed by atoms with Crippen molar-refractivity contribution in [1.82, 2.24) is 0 Å². The third kappa shape index (κ3) is 3.08. The highest BCUT2D eigenvalue weighted by Crippen LogP contribution is 2.23. The fourth-order valence-electron chi connectivity index (χ4n) is 1.55. The molecule has 4 heteroatoms. The van der Waals surface area contributed by atoms with Gasteiger partial charge in [-0.05, 0) is 53.6 Å². The molecule has 1 aliphatic rings. The molecule has 0 atom stereocenters. The minimum Gasteiger partial charge on any atom is -0.343 e. The summed E-state index contributed by atoms with van der Waals surface area (Å²) in [6.07, 6.45) is 3.50. The summed E-state index contributed by atoms with van der Waals surface area (Å²) in [5, 5.41) is 4.13. The van der Waals surface area contributed by atoms with Crippen molar-refractivity contribution in [3.05, 3.63) is 26.8 Å². The Kier molecular flexibility index (Phi) is 3.86. The molecular weight excluding hydrogens is 322 g/mol. The maximum absolute atomic E-state index is 5.90. The van der Waals surface area contributed by atoms with Crippen molar-refractivity contribution in [2.75, 3.05) is 11.9 Å². The number of halogens is 2. The highest BCUT2D eigenvalue weighted by molar-refractivity contribution is 14.1. The Morgan fingerprint density at radius 2 is 2.20 bits per heavy atom. The summed E-state index contributed by atoms with van der Waals surface area (Å²) >= 11 is 8.18. The van der Waals surface area contributed by atoms with E-state index in [9.17, 15) is 0 Å². The second-order valence-electron chi connectivity index (χ2n) is 3.53. The zero-order chi connectivity index (χ0) is 10.7. The summed E-state index contributed by atoms with van der Waals surface area (Å²) in [4.78, 5) is 4.46. The molecule has 0 unspecified atom stereocenters. The molecular formula is C11H12ClIN2. The van der Waals surface area contributed by atoms with Gasteiger partial charge in [0.15, 0.2) is 0 Å². The van der Waals surface area contributed by atoms with Crippen LogP contribution in [0.1, 0.15) is 19.3 Å². The number of rotatable bonds is 1. The lowest BCUT2D eigenvalue weighted by Gasteiger charge is -2.15. The van der Waals surface area contributed by atoms with Crippen molar-refractivity contribution in [2.45, 2.75) is 19.3 Å². The molecule has 15 heavy (non-hydrogen) atoms. The van der Waals surface area contributed by atoms with Crippen LogP contribution >= 0.6 is 34.2 Å². The van der Waals surface area contributed by atoms with Crippen molar-refractivity contribution in [1.29, 1.82) is 0 Å². The number of benzene rings is 1. The second kappa shape index (κ2) is 5.16. The van der Waals surface area contributed by atoms with Gasteiger partial charge < -0.3 is 5.32 Å². The predicted octanol–water partition coefficient (Wildman–Crippen LogP) is 3.94. The first-order valence-electron chi connectivity index (χ1n) is 5.01. The fourth-order valence-corrected chi connectivity index (χ4v) is 2.55. The summed E-state index contributed by atoms with van der Waals surface area (Å²) in [6.45, 7) is 0.951. The van der Waals surface area contributed by atoms with E-state index in [-0.39, 0.29) is 0 Å². The van der Waals surface area contributed by atoms with Crippen LogP contribution in [0.5, 0.6) is 0 Å². The normalized spacial score (nSPS) is 16.0. The molecule has 0 radical (unpaired) electrons. The van der Waals surface area contributed by atoms with E-state index in [1.807, 2.05) is 18.2 Å². The van der Waals surface area contributed by atoms with Gasteiger partial charge in [-0.25, -0.2) is 0 Å². The van der Waals surface area contributed by atoms with Crippen LogP contribution in [0.4, 0.5) is 5.69 Å². The number of amidine groups is 1. The Morgan fingerprint density at radius 1 is 1.33 bits per heavy atom. The van der Waals surface area contributed by atoms with Crippen LogP contribution in [0.2, 0.25) is 5.02 Å². The molecule has 0 amide bonds. The molecule has 0 aromatic heterocycles. The van der Waals surface area contributed by atoms with E-state index in [4.69, 9.17) is 11.6 Å². The van der Waals surface area contributed by atoms with E-state index in [1.54, 1.807) is 0 Å². The third-order valence-electron chi connectivity index (χ3n) is 2.33. The van der Waals surface area contributed by atoms with Crippen molar-refractivity contribution in [2.24, 2.45) is 4.99 Å². The zero-order valence-corrected chi connectivity index (χ0v) is 11.2. The molecule has 1 aliphatic heterocycles. The summed E-state index contributed by atoms with van der Waals surface area (Å²) in [5.74, 6) is 1.10. The minimum absolute atomic E-state index is 0.774. The van der Waals surface area contributed by atoms with E-state index in [1.165, 1.54) is 12.8 Å². The quantitative estimate of drug-likeness (QED) is 0.773. The van der Waals surface area contributed by atoms with Crippen molar-refractivity contribution >= 4 is 45.7 Å². The van der Waals surface area contributed by atoms with Gasteiger partial charge in [-0.1, -0.05) is 11.6 Å². The zero-order valence-electron chi connectivity index (χ0n) is 8.26. The van der Waals surface area contributed by atoms with Crippen LogP contribution in [0.25, 0.3) is 0 Å². The standard InChI is InChI=1S/C11H12ClIN2/c12-8-4-5-10(9(13)7-8)15-11-3-1-2-6-14-11/h4-5,7H,1-3,6H2,(H,14,15). The molecule has 1 heterocycles. The van der Waals surface area contributed by atoms with E-state index < -0.39 is 0 Å². The van der Waals surface area contributed by atoms with Gasteiger partial charge in [0.2, 0.25) is 0 Å². The number of aliphatic imine (C=N–C) groups is 1. The van der Waals surface area contributed by atoms with Gasteiger partial charge in [0.1, 0.15) is 5.84 Å². The minimum atomic E-state index is 0.774.